The molecule has 7 aromatic carbocycles. The Bertz CT molecular complexity index is 3740. The summed E-state index contributed by atoms with van der Waals surface area (Å²) < 4.78 is 6.82. The summed E-state index contributed by atoms with van der Waals surface area (Å²) in [6.45, 7) is 36.8. The van der Waals surface area contributed by atoms with Crippen LogP contribution in [0.15, 0.2) is 114 Å². The Morgan fingerprint density at radius 1 is 0.446 bits per heavy atom. The molecule has 375 valence electrons. The van der Waals surface area contributed by atoms with Crippen LogP contribution in [0.25, 0.3) is 44.2 Å². The van der Waals surface area contributed by atoms with Crippen LogP contribution in [0, 0.1) is 6.92 Å². The average Bonchev–Trinajstić information content (AvgIpc) is 3.86. The number of furan rings is 1. The smallest absolute Gasteiger partial charge is 0.197 e. The molecule has 0 fully saturated rings. The number of hydrogen-bond donors (Lipinski definition) is 1. The molecule has 1 aliphatic heterocycles. The van der Waals surface area contributed by atoms with Gasteiger partial charge in [-0.25, -0.2) is 0 Å². The molecule has 0 spiro atoms. The van der Waals surface area contributed by atoms with Crippen molar-refractivity contribution in [2.45, 2.75) is 180 Å². The maximum Gasteiger partial charge on any atom is 0.197 e. The first kappa shape index (κ1) is 47.7. The Kier molecular flexibility index (Phi) is 9.88. The summed E-state index contributed by atoms with van der Waals surface area (Å²) in [6, 6.07) is 42.9. The molecule has 0 amide bonds. The molecular weight excluding hydrogens is 896 g/mol. The van der Waals surface area contributed by atoms with Gasteiger partial charge in [0.25, 0.3) is 0 Å². The molecule has 0 unspecified atom stereocenters. The maximum absolute atomic E-state index is 6.82. The molecule has 0 bridgehead atoms. The summed E-state index contributed by atoms with van der Waals surface area (Å²) in [5.41, 5.74) is 28.5. The van der Waals surface area contributed by atoms with Crippen molar-refractivity contribution in [2.75, 3.05) is 10.2 Å². The van der Waals surface area contributed by atoms with Crippen molar-refractivity contribution in [2.24, 2.45) is 0 Å². The Hall–Kier alpha value is -6.00. The van der Waals surface area contributed by atoms with Gasteiger partial charge >= 0.3 is 0 Å². The number of hydrogen-bond acceptors (Lipinski definition) is 3. The van der Waals surface area contributed by atoms with Crippen molar-refractivity contribution in [3.05, 3.63) is 159 Å². The molecule has 8 aromatic rings. The van der Waals surface area contributed by atoms with E-state index in [1.807, 2.05) is 0 Å². The van der Waals surface area contributed by atoms with Crippen LogP contribution in [0.4, 0.5) is 28.4 Å². The molecule has 1 aromatic heterocycles. The molecule has 1 N–H and O–H groups in total. The maximum atomic E-state index is 6.82. The lowest BCUT2D eigenvalue weighted by atomic mass is 9.56. The Labute approximate surface area is 442 Å². The van der Waals surface area contributed by atoms with Crippen molar-refractivity contribution in [3.63, 3.8) is 0 Å². The van der Waals surface area contributed by atoms with Crippen LogP contribution in [0.1, 0.15) is 186 Å². The van der Waals surface area contributed by atoms with Gasteiger partial charge in [-0.3, -0.25) is 0 Å². The zero-order valence-corrected chi connectivity index (χ0v) is 47.1. The van der Waals surface area contributed by atoms with Crippen LogP contribution >= 0.6 is 0 Å². The quantitative estimate of drug-likeness (QED) is 0.178. The molecule has 4 heteroatoms. The number of aryl methyl sites for hydroxylation is 1. The number of anilines is 5. The van der Waals surface area contributed by atoms with Crippen molar-refractivity contribution in [3.8, 4) is 22.3 Å². The summed E-state index contributed by atoms with van der Waals surface area (Å²) in [4.78, 5) is 2.70. The van der Waals surface area contributed by atoms with E-state index in [4.69, 9.17) is 4.42 Å². The van der Waals surface area contributed by atoms with E-state index in [1.165, 1.54) is 120 Å². The number of nitrogens with zero attached hydrogens (tertiary/aromatic N) is 1. The molecule has 3 nitrogen and oxygen atoms in total. The van der Waals surface area contributed by atoms with Crippen LogP contribution in [0.5, 0.6) is 0 Å². The van der Waals surface area contributed by atoms with Crippen LogP contribution in [-0.2, 0) is 37.9 Å². The van der Waals surface area contributed by atoms with E-state index in [0.29, 0.717) is 0 Å². The SMILES string of the molecule is Cc1cc2c(cc1N1c3cc4oc5ccccc5c4cc3[B]c3c(-c4cc5c(cc4Nc4ccc6c(c4)C(C)(C)CCC6(C)C)C(C)(C)CCC5(C)C)cc4c(c31)C(C)(C)c1ccccc1-4)C(C)(C)CCC2(C)C. The predicted octanol–water partition coefficient (Wildman–Crippen LogP) is 18.1. The average molecular weight is 972 g/mol. The van der Waals surface area contributed by atoms with Crippen LogP contribution in [-0.4, -0.2) is 7.28 Å². The monoisotopic (exact) mass is 972 g/mol. The fourth-order valence-corrected chi connectivity index (χ4v) is 14.9. The Morgan fingerprint density at radius 2 is 1.01 bits per heavy atom. The lowest BCUT2D eigenvalue weighted by Crippen LogP contribution is -2.43. The lowest BCUT2D eigenvalue weighted by Gasteiger charge is -2.44. The molecule has 0 atom stereocenters. The number of nitrogens with one attached hydrogen (secondary N) is 1. The summed E-state index contributed by atoms with van der Waals surface area (Å²) in [6.07, 6.45) is 7.00. The fraction of sp³-hybridized carbons (Fsp3) is 0.400. The van der Waals surface area contributed by atoms with E-state index in [1.54, 1.807) is 0 Å². The first-order chi connectivity index (χ1) is 34.8. The Morgan fingerprint density at radius 3 is 1.69 bits per heavy atom. The summed E-state index contributed by atoms with van der Waals surface area (Å²) in [7, 11) is 2.56. The number of fused-ring (bicyclic) bond motifs is 12. The minimum absolute atomic E-state index is 0.00204. The van der Waals surface area contributed by atoms with Gasteiger partial charge in [0, 0.05) is 56.3 Å². The molecule has 5 aliphatic rings. The third-order valence-corrected chi connectivity index (χ3v) is 20.0. The van der Waals surface area contributed by atoms with Gasteiger partial charge in [0.1, 0.15) is 11.2 Å². The standard InChI is InChI=1S/C70H76BN2O/c1-40-32-50-54(69(12,13)31-28-65(50,4)5)38-57(40)73-58-39-60-45(43-21-17-19-23-59(43)74-60)36-55(58)71-62-47(34-46-42-20-16-18-22-48(42)70(14,15)61(46)63(62)73)44-35-52-53(68(10,11)30-29-67(52,8)9)37-56(44)72-41-24-25-49-51(33-41)66(6,7)27-26-64(49,2)3/h16-25,32-39,72H,26-31H2,1-15H3. The summed E-state index contributed by atoms with van der Waals surface area (Å²) >= 11 is 0. The van der Waals surface area contributed by atoms with E-state index >= 15 is 0 Å². The lowest BCUT2D eigenvalue weighted by molar-refractivity contribution is 0.332. The second-order valence-electron chi connectivity index (χ2n) is 28.1. The van der Waals surface area contributed by atoms with E-state index in [-0.39, 0.29) is 37.9 Å². The zero-order valence-electron chi connectivity index (χ0n) is 47.1. The highest BCUT2D eigenvalue weighted by Gasteiger charge is 2.46. The van der Waals surface area contributed by atoms with E-state index in [2.05, 4.69) is 231 Å². The van der Waals surface area contributed by atoms with Crippen molar-refractivity contribution < 1.29 is 4.42 Å². The number of rotatable bonds is 4. The van der Waals surface area contributed by atoms with E-state index in [0.717, 1.165) is 52.6 Å². The van der Waals surface area contributed by atoms with E-state index < -0.39 is 0 Å². The van der Waals surface area contributed by atoms with E-state index in [9.17, 15) is 0 Å². The van der Waals surface area contributed by atoms with Gasteiger partial charge in [0.05, 0.1) is 0 Å². The van der Waals surface area contributed by atoms with Crippen LogP contribution in [0.2, 0.25) is 0 Å². The van der Waals surface area contributed by atoms with Crippen LogP contribution < -0.4 is 21.1 Å². The molecular formula is C70H76BN2O. The second kappa shape index (κ2) is 15.3. The fourth-order valence-electron chi connectivity index (χ4n) is 14.9. The van der Waals surface area contributed by atoms with Gasteiger partial charge in [0.2, 0.25) is 0 Å². The summed E-state index contributed by atoms with van der Waals surface area (Å²) in [5, 5.41) is 6.54. The highest BCUT2D eigenvalue weighted by molar-refractivity contribution is 6.73. The summed E-state index contributed by atoms with van der Waals surface area (Å²) in [5.74, 6) is 0. The van der Waals surface area contributed by atoms with Gasteiger partial charge in [-0.15, -0.1) is 0 Å². The van der Waals surface area contributed by atoms with Gasteiger partial charge in [-0.1, -0.05) is 163 Å². The molecule has 1 radical (unpaired) electrons. The Balaban J connectivity index is 1.15. The number of benzene rings is 7. The van der Waals surface area contributed by atoms with Crippen molar-refractivity contribution in [1.82, 2.24) is 0 Å². The van der Waals surface area contributed by atoms with Gasteiger partial charge in [0.15, 0.2) is 7.28 Å². The second-order valence-corrected chi connectivity index (χ2v) is 28.1. The van der Waals surface area contributed by atoms with Gasteiger partial charge < -0.3 is 14.6 Å². The number of para-hydroxylation sites is 1. The first-order valence-electron chi connectivity index (χ1n) is 28.0. The largest absolute Gasteiger partial charge is 0.456 e. The highest BCUT2D eigenvalue weighted by Crippen LogP contribution is 2.59. The predicted molar refractivity (Wildman–Crippen MR) is 317 cm³/mol. The molecule has 0 saturated heterocycles. The minimum atomic E-state index is -0.294. The minimum Gasteiger partial charge on any atom is -0.456 e. The molecule has 4 aliphatic carbocycles. The zero-order chi connectivity index (χ0) is 52.0. The van der Waals surface area contributed by atoms with Gasteiger partial charge in [-0.05, 0) is 193 Å². The third-order valence-electron chi connectivity index (χ3n) is 20.0. The van der Waals surface area contributed by atoms with Crippen molar-refractivity contribution in [1.29, 1.82) is 0 Å². The first-order valence-corrected chi connectivity index (χ1v) is 28.0. The highest BCUT2D eigenvalue weighted by atomic mass is 16.3. The van der Waals surface area contributed by atoms with Crippen LogP contribution in [0.3, 0.4) is 0 Å². The molecule has 13 rings (SSSR count). The topological polar surface area (TPSA) is 28.4 Å². The van der Waals surface area contributed by atoms with Crippen molar-refractivity contribution >= 4 is 68.6 Å². The van der Waals surface area contributed by atoms with Gasteiger partial charge in [-0.2, -0.15) is 0 Å². The normalized spacial score (nSPS) is 20.3. The third kappa shape index (κ3) is 6.84. The molecule has 74 heavy (non-hydrogen) atoms. The molecule has 0 saturated carbocycles. The molecule has 2 heterocycles.